The number of benzene rings is 2. The molecular formula is C18H20N2O. The highest BCUT2D eigenvalue weighted by Crippen LogP contribution is 2.28. The Hall–Kier alpha value is -2.13. The summed E-state index contributed by atoms with van der Waals surface area (Å²) in [6.07, 6.45) is 0.903. The number of amides is 1. The lowest BCUT2D eigenvalue weighted by molar-refractivity contribution is -0.119. The number of nitrogens with one attached hydrogen (secondary N) is 2. The number of hydrogen-bond acceptors (Lipinski definition) is 2. The zero-order chi connectivity index (χ0) is 14.7. The number of carbonyl (C=O) groups is 1. The van der Waals surface area contributed by atoms with Crippen LogP contribution in [0, 0.1) is 5.92 Å². The highest BCUT2D eigenvalue weighted by atomic mass is 16.1. The summed E-state index contributed by atoms with van der Waals surface area (Å²) in [6, 6.07) is 18.3. The smallest absolute Gasteiger partial charge is 0.229 e. The standard InChI is InChI=1S/C18H20N2O/c1-13-15(11-12-19-13)18(21)20-17-10-6-5-9-16(17)14-7-3-2-4-8-14/h2-10,13,15,19H,11-12H2,1H3,(H,20,21). The SMILES string of the molecule is CC1NCCC1C(=O)Nc1ccccc1-c1ccccc1. The molecule has 3 nitrogen and oxygen atoms in total. The van der Waals surface area contributed by atoms with Crippen LogP contribution in [-0.2, 0) is 4.79 Å². The molecule has 21 heavy (non-hydrogen) atoms. The van der Waals surface area contributed by atoms with Crippen LogP contribution in [0.25, 0.3) is 11.1 Å². The van der Waals surface area contributed by atoms with E-state index in [0.29, 0.717) is 0 Å². The quantitative estimate of drug-likeness (QED) is 0.906. The summed E-state index contributed by atoms with van der Waals surface area (Å²) in [5.41, 5.74) is 3.06. The van der Waals surface area contributed by atoms with Crippen molar-refractivity contribution in [3.8, 4) is 11.1 Å². The summed E-state index contributed by atoms with van der Waals surface area (Å²) in [6.45, 7) is 2.99. The molecule has 2 atom stereocenters. The Morgan fingerprint density at radius 3 is 2.52 bits per heavy atom. The number of carbonyl (C=O) groups excluding carboxylic acids is 1. The molecule has 2 N–H and O–H groups in total. The minimum Gasteiger partial charge on any atom is -0.325 e. The predicted octanol–water partition coefficient (Wildman–Crippen LogP) is 3.29. The van der Waals surface area contributed by atoms with Crippen LogP contribution in [0.1, 0.15) is 13.3 Å². The van der Waals surface area contributed by atoms with Crippen molar-refractivity contribution in [1.29, 1.82) is 0 Å². The van der Waals surface area contributed by atoms with Crippen molar-refractivity contribution < 1.29 is 4.79 Å². The average Bonchev–Trinajstić information content (AvgIpc) is 2.95. The van der Waals surface area contributed by atoms with Gasteiger partial charge >= 0.3 is 0 Å². The fourth-order valence-electron chi connectivity index (χ4n) is 2.90. The Bertz CT molecular complexity index is 624. The molecule has 0 aliphatic carbocycles. The Morgan fingerprint density at radius 1 is 1.10 bits per heavy atom. The molecule has 1 heterocycles. The van der Waals surface area contributed by atoms with Crippen LogP contribution in [0.3, 0.4) is 0 Å². The molecule has 0 aromatic heterocycles. The van der Waals surface area contributed by atoms with E-state index in [-0.39, 0.29) is 17.9 Å². The van der Waals surface area contributed by atoms with Crippen LogP contribution in [0.5, 0.6) is 0 Å². The Morgan fingerprint density at radius 2 is 1.81 bits per heavy atom. The van der Waals surface area contributed by atoms with Gasteiger partial charge in [0.2, 0.25) is 5.91 Å². The summed E-state index contributed by atoms with van der Waals surface area (Å²) in [7, 11) is 0. The van der Waals surface area contributed by atoms with E-state index in [1.165, 1.54) is 0 Å². The second-order valence-corrected chi connectivity index (χ2v) is 5.54. The number of anilines is 1. The molecule has 3 rings (SSSR count). The highest BCUT2D eigenvalue weighted by molar-refractivity contribution is 5.97. The Balaban J connectivity index is 1.85. The Labute approximate surface area is 125 Å². The van der Waals surface area contributed by atoms with Crippen LogP contribution in [-0.4, -0.2) is 18.5 Å². The molecule has 0 spiro atoms. The molecule has 0 bridgehead atoms. The van der Waals surface area contributed by atoms with Crippen LogP contribution in [0.15, 0.2) is 54.6 Å². The molecule has 1 fully saturated rings. The van der Waals surface area contributed by atoms with E-state index in [9.17, 15) is 4.79 Å². The second-order valence-electron chi connectivity index (χ2n) is 5.54. The van der Waals surface area contributed by atoms with E-state index in [0.717, 1.165) is 29.8 Å². The molecule has 1 aliphatic rings. The van der Waals surface area contributed by atoms with E-state index in [4.69, 9.17) is 0 Å². The first-order valence-corrected chi connectivity index (χ1v) is 7.44. The van der Waals surface area contributed by atoms with Crippen molar-refractivity contribution in [2.75, 3.05) is 11.9 Å². The van der Waals surface area contributed by atoms with E-state index in [1.807, 2.05) is 42.5 Å². The van der Waals surface area contributed by atoms with Crippen molar-refractivity contribution in [1.82, 2.24) is 5.32 Å². The van der Waals surface area contributed by atoms with Crippen LogP contribution < -0.4 is 10.6 Å². The summed E-state index contributed by atoms with van der Waals surface area (Å²) in [5, 5.41) is 6.42. The molecule has 2 unspecified atom stereocenters. The zero-order valence-electron chi connectivity index (χ0n) is 12.2. The minimum absolute atomic E-state index is 0.0498. The van der Waals surface area contributed by atoms with Gasteiger partial charge in [-0.2, -0.15) is 0 Å². The molecule has 3 heteroatoms. The number of para-hydroxylation sites is 1. The van der Waals surface area contributed by atoms with Crippen molar-refractivity contribution in [3.63, 3.8) is 0 Å². The van der Waals surface area contributed by atoms with Gasteiger partial charge in [-0.25, -0.2) is 0 Å². The lowest BCUT2D eigenvalue weighted by Gasteiger charge is -2.17. The van der Waals surface area contributed by atoms with E-state index >= 15 is 0 Å². The van der Waals surface area contributed by atoms with Gasteiger partial charge < -0.3 is 10.6 Å². The maximum Gasteiger partial charge on any atom is 0.229 e. The van der Waals surface area contributed by atoms with Crippen LogP contribution >= 0.6 is 0 Å². The van der Waals surface area contributed by atoms with Gasteiger partial charge in [-0.1, -0.05) is 48.5 Å². The molecule has 108 valence electrons. The summed E-state index contributed by atoms with van der Waals surface area (Å²) in [5.74, 6) is 0.157. The molecule has 0 radical (unpaired) electrons. The van der Waals surface area contributed by atoms with Gasteiger partial charge in [-0.3, -0.25) is 4.79 Å². The topological polar surface area (TPSA) is 41.1 Å². The van der Waals surface area contributed by atoms with Gasteiger partial charge in [-0.05, 0) is 31.5 Å². The van der Waals surface area contributed by atoms with Crippen molar-refractivity contribution in [2.24, 2.45) is 5.92 Å². The monoisotopic (exact) mass is 280 g/mol. The molecule has 1 saturated heterocycles. The van der Waals surface area contributed by atoms with E-state index in [1.54, 1.807) is 0 Å². The van der Waals surface area contributed by atoms with Gasteiger partial charge in [-0.15, -0.1) is 0 Å². The minimum atomic E-state index is 0.0498. The average molecular weight is 280 g/mol. The summed E-state index contributed by atoms with van der Waals surface area (Å²) < 4.78 is 0. The predicted molar refractivity (Wildman–Crippen MR) is 86.1 cm³/mol. The van der Waals surface area contributed by atoms with Crippen LogP contribution in [0.2, 0.25) is 0 Å². The highest BCUT2D eigenvalue weighted by Gasteiger charge is 2.29. The first-order valence-electron chi connectivity index (χ1n) is 7.44. The van der Waals surface area contributed by atoms with E-state index < -0.39 is 0 Å². The third kappa shape index (κ3) is 2.98. The first-order chi connectivity index (χ1) is 10.3. The maximum absolute atomic E-state index is 12.5. The Kier molecular flexibility index (Phi) is 4.02. The summed E-state index contributed by atoms with van der Waals surface area (Å²) >= 11 is 0. The first kappa shape index (κ1) is 13.8. The molecule has 0 saturated carbocycles. The third-order valence-electron chi connectivity index (χ3n) is 4.13. The van der Waals surface area contributed by atoms with Gasteiger partial charge in [0.05, 0.1) is 5.92 Å². The van der Waals surface area contributed by atoms with Crippen LogP contribution in [0.4, 0.5) is 5.69 Å². The molecule has 2 aromatic rings. The molecule has 1 aliphatic heterocycles. The molecular weight excluding hydrogens is 260 g/mol. The molecule has 1 amide bonds. The number of rotatable bonds is 3. The van der Waals surface area contributed by atoms with Gasteiger partial charge in [0.25, 0.3) is 0 Å². The maximum atomic E-state index is 12.5. The van der Waals surface area contributed by atoms with Crippen molar-refractivity contribution in [3.05, 3.63) is 54.6 Å². The third-order valence-corrected chi connectivity index (χ3v) is 4.13. The fourth-order valence-corrected chi connectivity index (χ4v) is 2.90. The largest absolute Gasteiger partial charge is 0.325 e. The van der Waals surface area contributed by atoms with Crippen molar-refractivity contribution in [2.45, 2.75) is 19.4 Å². The fraction of sp³-hybridized carbons (Fsp3) is 0.278. The summed E-state index contributed by atoms with van der Waals surface area (Å²) in [4.78, 5) is 12.5. The lowest BCUT2D eigenvalue weighted by atomic mass is 9.99. The number of hydrogen-bond donors (Lipinski definition) is 2. The molecule has 2 aromatic carbocycles. The second kappa shape index (κ2) is 6.10. The van der Waals surface area contributed by atoms with E-state index in [2.05, 4.69) is 29.7 Å². The lowest BCUT2D eigenvalue weighted by Crippen LogP contribution is -2.32. The van der Waals surface area contributed by atoms with Crippen molar-refractivity contribution >= 4 is 11.6 Å². The van der Waals surface area contributed by atoms with Gasteiger partial charge in [0.1, 0.15) is 0 Å². The zero-order valence-corrected chi connectivity index (χ0v) is 12.2. The normalized spacial score (nSPS) is 21.2. The van der Waals surface area contributed by atoms with Gasteiger partial charge in [0.15, 0.2) is 0 Å². The van der Waals surface area contributed by atoms with Gasteiger partial charge in [0, 0.05) is 17.3 Å².